The summed E-state index contributed by atoms with van der Waals surface area (Å²) in [6.45, 7) is 0.413. The zero-order valence-electron chi connectivity index (χ0n) is 12.0. The Morgan fingerprint density at radius 1 is 1.22 bits per heavy atom. The molecule has 0 N–H and O–H groups in total. The third-order valence-electron chi connectivity index (χ3n) is 3.83. The summed E-state index contributed by atoms with van der Waals surface area (Å²) in [4.78, 5) is 12.3. The van der Waals surface area contributed by atoms with Gasteiger partial charge in [-0.25, -0.2) is 4.39 Å². The first-order chi connectivity index (χ1) is 10.9. The summed E-state index contributed by atoms with van der Waals surface area (Å²) in [5.41, 5.74) is 0.242. The third kappa shape index (κ3) is 3.06. The molecule has 1 amide bonds. The van der Waals surface area contributed by atoms with Crippen LogP contribution in [0.5, 0.6) is 0 Å². The fourth-order valence-electron chi connectivity index (χ4n) is 2.71. The lowest BCUT2D eigenvalue weighted by atomic mass is 10.0. The molecule has 0 radical (unpaired) electrons. The van der Waals surface area contributed by atoms with Gasteiger partial charge in [0, 0.05) is 12.1 Å². The van der Waals surface area contributed by atoms with Gasteiger partial charge in [0.05, 0.1) is 18.8 Å². The Hall–Kier alpha value is -2.38. The Balaban J connectivity index is 2.00. The zero-order chi connectivity index (χ0) is 16.6. The van der Waals surface area contributed by atoms with E-state index in [9.17, 15) is 22.4 Å². The lowest BCUT2D eigenvalue weighted by Gasteiger charge is -2.24. The molecule has 1 aromatic carbocycles. The van der Waals surface area contributed by atoms with Gasteiger partial charge in [-0.2, -0.15) is 18.3 Å². The molecular formula is C15H13F4N3O. The van der Waals surface area contributed by atoms with E-state index in [-0.39, 0.29) is 31.6 Å². The molecular weight excluding hydrogens is 314 g/mol. The average Bonchev–Trinajstić information content (AvgIpc) is 2.87. The molecule has 23 heavy (non-hydrogen) atoms. The molecule has 3 rings (SSSR count). The van der Waals surface area contributed by atoms with Gasteiger partial charge in [0.25, 0.3) is 0 Å². The fraction of sp³-hybridized carbons (Fsp3) is 0.333. The quantitative estimate of drug-likeness (QED) is 0.642. The predicted molar refractivity (Wildman–Crippen MR) is 72.9 cm³/mol. The van der Waals surface area contributed by atoms with Crippen molar-refractivity contribution in [1.29, 1.82) is 0 Å². The highest BCUT2D eigenvalue weighted by molar-refractivity contribution is 5.49. The van der Waals surface area contributed by atoms with Crippen LogP contribution in [0.2, 0.25) is 0 Å². The Morgan fingerprint density at radius 2 is 1.91 bits per heavy atom. The average molecular weight is 327 g/mol. The van der Waals surface area contributed by atoms with E-state index in [0.717, 1.165) is 0 Å². The first kappa shape index (κ1) is 15.5. The van der Waals surface area contributed by atoms with Crippen LogP contribution >= 0.6 is 0 Å². The smallest absolute Gasteiger partial charge is 0.339 e. The maximum Gasteiger partial charge on any atom is 0.435 e. The van der Waals surface area contributed by atoms with Crippen LogP contribution in [-0.2, 0) is 30.5 Å². The molecule has 0 unspecified atom stereocenters. The van der Waals surface area contributed by atoms with E-state index in [2.05, 4.69) is 5.10 Å². The highest BCUT2D eigenvalue weighted by atomic mass is 19.4. The lowest BCUT2D eigenvalue weighted by Crippen LogP contribution is -2.31. The number of carbonyl (C=O) groups is 1. The van der Waals surface area contributed by atoms with Crippen molar-refractivity contribution in [2.75, 3.05) is 6.54 Å². The van der Waals surface area contributed by atoms with Gasteiger partial charge < -0.3 is 4.90 Å². The predicted octanol–water partition coefficient (Wildman–Crippen LogP) is 2.60. The number of nitrogens with zero attached hydrogens (tertiary/aromatic N) is 3. The fourth-order valence-corrected chi connectivity index (χ4v) is 2.71. The topological polar surface area (TPSA) is 38.1 Å². The molecule has 0 saturated heterocycles. The standard InChI is InChI=1S/C15H13F4N3O/c16-11-3-1-10(2-4-11)7-22-13-8-21(9-23)6-5-12(13)14(20-22)15(17,18)19/h1-4,9H,5-8H2. The highest BCUT2D eigenvalue weighted by Crippen LogP contribution is 2.35. The van der Waals surface area contributed by atoms with E-state index in [4.69, 9.17) is 0 Å². The van der Waals surface area contributed by atoms with Crippen molar-refractivity contribution < 1.29 is 22.4 Å². The van der Waals surface area contributed by atoms with Crippen LogP contribution in [0, 0.1) is 5.82 Å². The number of fused-ring (bicyclic) bond motifs is 1. The minimum atomic E-state index is -4.54. The summed E-state index contributed by atoms with van der Waals surface area (Å²) in [7, 11) is 0. The summed E-state index contributed by atoms with van der Waals surface area (Å²) < 4.78 is 53.6. The number of amides is 1. The first-order valence-electron chi connectivity index (χ1n) is 6.98. The van der Waals surface area contributed by atoms with Crippen LogP contribution in [0.4, 0.5) is 17.6 Å². The molecule has 0 spiro atoms. The van der Waals surface area contributed by atoms with Crippen molar-refractivity contribution in [3.05, 3.63) is 52.6 Å². The zero-order valence-corrected chi connectivity index (χ0v) is 12.0. The molecule has 2 heterocycles. The van der Waals surface area contributed by atoms with Crippen LogP contribution in [-0.4, -0.2) is 27.6 Å². The molecule has 0 fully saturated rings. The number of hydrogen-bond donors (Lipinski definition) is 0. The Morgan fingerprint density at radius 3 is 2.52 bits per heavy atom. The van der Waals surface area contributed by atoms with Crippen molar-refractivity contribution in [1.82, 2.24) is 14.7 Å². The number of alkyl halides is 3. The van der Waals surface area contributed by atoms with Gasteiger partial charge in [-0.05, 0) is 24.1 Å². The van der Waals surface area contributed by atoms with E-state index in [1.165, 1.54) is 33.8 Å². The van der Waals surface area contributed by atoms with Gasteiger partial charge in [-0.3, -0.25) is 9.48 Å². The van der Waals surface area contributed by atoms with Gasteiger partial charge in [0.1, 0.15) is 5.82 Å². The number of halogens is 4. The third-order valence-corrected chi connectivity index (χ3v) is 3.83. The van der Waals surface area contributed by atoms with E-state index >= 15 is 0 Å². The molecule has 0 saturated carbocycles. The van der Waals surface area contributed by atoms with Crippen molar-refractivity contribution in [2.24, 2.45) is 0 Å². The van der Waals surface area contributed by atoms with Crippen LogP contribution in [0.25, 0.3) is 0 Å². The Labute approximate surface area is 129 Å². The maximum absolute atomic E-state index is 13.2. The second kappa shape index (κ2) is 5.68. The summed E-state index contributed by atoms with van der Waals surface area (Å²) in [5, 5.41) is 3.70. The second-order valence-electron chi connectivity index (χ2n) is 5.38. The summed E-state index contributed by atoms with van der Waals surface area (Å²) in [6, 6.07) is 5.48. The van der Waals surface area contributed by atoms with Crippen molar-refractivity contribution in [3.63, 3.8) is 0 Å². The van der Waals surface area contributed by atoms with Gasteiger partial charge in [0.15, 0.2) is 5.69 Å². The number of aromatic nitrogens is 2. The van der Waals surface area contributed by atoms with Crippen LogP contribution in [0.3, 0.4) is 0 Å². The molecule has 122 valence electrons. The molecule has 4 nitrogen and oxygen atoms in total. The van der Waals surface area contributed by atoms with E-state index in [0.29, 0.717) is 17.7 Å². The summed E-state index contributed by atoms with van der Waals surface area (Å²) >= 11 is 0. The molecule has 0 bridgehead atoms. The molecule has 2 aromatic rings. The number of carbonyl (C=O) groups excluding carboxylic acids is 1. The van der Waals surface area contributed by atoms with Gasteiger partial charge in [-0.15, -0.1) is 0 Å². The Kier molecular flexibility index (Phi) is 3.83. The normalized spacial score (nSPS) is 14.7. The summed E-state index contributed by atoms with van der Waals surface area (Å²) in [5.74, 6) is -0.417. The number of hydrogen-bond acceptors (Lipinski definition) is 2. The van der Waals surface area contributed by atoms with Crippen LogP contribution < -0.4 is 0 Å². The SMILES string of the molecule is O=CN1CCc2c(C(F)(F)F)nn(Cc3ccc(F)cc3)c2C1. The molecule has 0 atom stereocenters. The van der Waals surface area contributed by atoms with Gasteiger partial charge >= 0.3 is 6.18 Å². The van der Waals surface area contributed by atoms with Crippen molar-refractivity contribution in [3.8, 4) is 0 Å². The molecule has 8 heteroatoms. The number of rotatable bonds is 3. The first-order valence-corrected chi connectivity index (χ1v) is 6.98. The van der Waals surface area contributed by atoms with E-state index in [1.807, 2.05) is 0 Å². The Bertz CT molecular complexity index is 722. The van der Waals surface area contributed by atoms with Crippen molar-refractivity contribution in [2.45, 2.75) is 25.7 Å². The second-order valence-corrected chi connectivity index (χ2v) is 5.38. The maximum atomic E-state index is 13.2. The summed E-state index contributed by atoms with van der Waals surface area (Å²) in [6.07, 6.45) is -3.81. The largest absolute Gasteiger partial charge is 0.435 e. The molecule has 1 aliphatic heterocycles. The minimum absolute atomic E-state index is 0.0864. The molecule has 1 aromatic heterocycles. The van der Waals surface area contributed by atoms with Crippen molar-refractivity contribution >= 4 is 6.41 Å². The van der Waals surface area contributed by atoms with Gasteiger partial charge in [0.2, 0.25) is 6.41 Å². The van der Waals surface area contributed by atoms with E-state index in [1.54, 1.807) is 0 Å². The van der Waals surface area contributed by atoms with Gasteiger partial charge in [-0.1, -0.05) is 12.1 Å². The van der Waals surface area contributed by atoms with E-state index < -0.39 is 17.7 Å². The lowest BCUT2D eigenvalue weighted by molar-refractivity contribution is -0.142. The highest BCUT2D eigenvalue weighted by Gasteiger charge is 2.40. The molecule has 1 aliphatic rings. The molecule has 0 aliphatic carbocycles. The minimum Gasteiger partial charge on any atom is -0.339 e. The van der Waals surface area contributed by atoms with Crippen LogP contribution in [0.1, 0.15) is 22.5 Å². The monoisotopic (exact) mass is 327 g/mol. The van der Waals surface area contributed by atoms with Crippen LogP contribution in [0.15, 0.2) is 24.3 Å². The number of benzene rings is 1.